The SMILES string of the molecule is COCC(=O)N(Cc1ccccc1Cl)C[C@H]1CC(c2cccc(F)c2)=NO1. The van der Waals surface area contributed by atoms with E-state index in [0.29, 0.717) is 35.8 Å². The Balaban J connectivity index is 1.68. The summed E-state index contributed by atoms with van der Waals surface area (Å²) in [6.45, 7) is 0.640. The second kappa shape index (κ2) is 8.97. The Morgan fingerprint density at radius 1 is 1.33 bits per heavy atom. The van der Waals surface area contributed by atoms with E-state index in [4.69, 9.17) is 21.2 Å². The lowest BCUT2D eigenvalue weighted by Crippen LogP contribution is -2.39. The molecule has 0 spiro atoms. The summed E-state index contributed by atoms with van der Waals surface area (Å²) in [6, 6.07) is 13.6. The van der Waals surface area contributed by atoms with Crippen LogP contribution < -0.4 is 0 Å². The Hall–Kier alpha value is -2.44. The van der Waals surface area contributed by atoms with Gasteiger partial charge in [0.05, 0.1) is 12.3 Å². The molecule has 0 saturated carbocycles. The van der Waals surface area contributed by atoms with Crippen molar-refractivity contribution in [3.63, 3.8) is 0 Å². The zero-order valence-corrected chi connectivity index (χ0v) is 15.7. The van der Waals surface area contributed by atoms with Gasteiger partial charge in [-0.05, 0) is 23.8 Å². The number of amides is 1. The standard InChI is InChI=1S/C20H20ClFN2O3/c1-26-13-20(25)24(11-15-5-2-3-8-18(15)21)12-17-10-19(23-27-17)14-6-4-7-16(22)9-14/h2-9,17H,10-13H2,1H3/t17-/m1/s1. The number of rotatable bonds is 7. The lowest BCUT2D eigenvalue weighted by molar-refractivity contribution is -0.137. The van der Waals surface area contributed by atoms with Crippen molar-refractivity contribution in [1.29, 1.82) is 0 Å². The highest BCUT2D eigenvalue weighted by atomic mass is 35.5. The van der Waals surface area contributed by atoms with Gasteiger partial charge in [0, 0.05) is 30.7 Å². The second-order valence-electron chi connectivity index (χ2n) is 6.28. The number of methoxy groups -OCH3 is 1. The van der Waals surface area contributed by atoms with Crippen molar-refractivity contribution in [2.45, 2.75) is 19.1 Å². The van der Waals surface area contributed by atoms with Gasteiger partial charge in [0.1, 0.15) is 12.4 Å². The first-order chi connectivity index (χ1) is 13.1. The van der Waals surface area contributed by atoms with Crippen LogP contribution in [0.4, 0.5) is 4.39 Å². The molecule has 0 radical (unpaired) electrons. The maximum absolute atomic E-state index is 13.4. The Morgan fingerprint density at radius 3 is 2.89 bits per heavy atom. The van der Waals surface area contributed by atoms with Crippen LogP contribution in [0.1, 0.15) is 17.5 Å². The largest absolute Gasteiger partial charge is 0.390 e. The third kappa shape index (κ3) is 5.05. The minimum Gasteiger partial charge on any atom is -0.390 e. The van der Waals surface area contributed by atoms with Gasteiger partial charge in [-0.25, -0.2) is 4.39 Å². The van der Waals surface area contributed by atoms with Crippen molar-refractivity contribution in [3.8, 4) is 0 Å². The molecular formula is C20H20ClFN2O3. The number of ether oxygens (including phenoxy) is 1. The number of carbonyl (C=O) groups is 1. The summed E-state index contributed by atoms with van der Waals surface area (Å²) < 4.78 is 18.4. The summed E-state index contributed by atoms with van der Waals surface area (Å²) in [5.41, 5.74) is 2.18. The smallest absolute Gasteiger partial charge is 0.248 e. The third-order valence-electron chi connectivity index (χ3n) is 4.25. The average molecular weight is 391 g/mol. The van der Waals surface area contributed by atoms with Crippen molar-refractivity contribution in [2.75, 3.05) is 20.3 Å². The highest BCUT2D eigenvalue weighted by molar-refractivity contribution is 6.31. The number of hydrogen-bond acceptors (Lipinski definition) is 4. The lowest BCUT2D eigenvalue weighted by Gasteiger charge is -2.25. The molecule has 0 unspecified atom stereocenters. The van der Waals surface area contributed by atoms with Gasteiger partial charge >= 0.3 is 0 Å². The molecule has 0 aliphatic carbocycles. The fourth-order valence-electron chi connectivity index (χ4n) is 2.91. The first kappa shape index (κ1) is 19.3. The Kier molecular flexibility index (Phi) is 6.42. The molecule has 7 heteroatoms. The molecule has 2 aromatic carbocycles. The molecule has 1 heterocycles. The zero-order valence-electron chi connectivity index (χ0n) is 14.9. The van der Waals surface area contributed by atoms with Crippen LogP contribution in [-0.2, 0) is 20.9 Å². The van der Waals surface area contributed by atoms with Crippen LogP contribution in [0.2, 0.25) is 5.02 Å². The van der Waals surface area contributed by atoms with Crippen LogP contribution >= 0.6 is 11.6 Å². The minimum absolute atomic E-state index is 0.0330. The summed E-state index contributed by atoms with van der Waals surface area (Å²) in [6.07, 6.45) is 0.175. The van der Waals surface area contributed by atoms with Crippen LogP contribution in [0.15, 0.2) is 53.7 Å². The lowest BCUT2D eigenvalue weighted by atomic mass is 10.0. The predicted molar refractivity (Wildman–Crippen MR) is 101 cm³/mol. The molecule has 3 rings (SSSR count). The molecule has 27 heavy (non-hydrogen) atoms. The van der Waals surface area contributed by atoms with Gasteiger partial charge < -0.3 is 14.5 Å². The van der Waals surface area contributed by atoms with Crippen LogP contribution in [0.5, 0.6) is 0 Å². The van der Waals surface area contributed by atoms with Crippen LogP contribution in [0.25, 0.3) is 0 Å². The van der Waals surface area contributed by atoms with Crippen molar-refractivity contribution < 1.29 is 18.8 Å². The van der Waals surface area contributed by atoms with Gasteiger partial charge in [-0.2, -0.15) is 0 Å². The number of benzene rings is 2. The van der Waals surface area contributed by atoms with Gasteiger partial charge in [-0.3, -0.25) is 4.79 Å². The molecule has 0 bridgehead atoms. The molecule has 142 valence electrons. The molecule has 2 aromatic rings. The normalized spacial score (nSPS) is 16.0. The monoisotopic (exact) mass is 390 g/mol. The maximum atomic E-state index is 13.4. The second-order valence-corrected chi connectivity index (χ2v) is 6.69. The van der Waals surface area contributed by atoms with Gasteiger partial charge in [-0.15, -0.1) is 0 Å². The van der Waals surface area contributed by atoms with Crippen molar-refractivity contribution >= 4 is 23.2 Å². The minimum atomic E-state index is -0.325. The van der Waals surface area contributed by atoms with Gasteiger partial charge in [0.15, 0.2) is 6.10 Å². The molecule has 1 atom stereocenters. The van der Waals surface area contributed by atoms with E-state index in [1.165, 1.54) is 19.2 Å². The third-order valence-corrected chi connectivity index (χ3v) is 4.62. The molecule has 5 nitrogen and oxygen atoms in total. The molecular weight excluding hydrogens is 371 g/mol. The number of carbonyl (C=O) groups excluding carboxylic acids is 1. The summed E-state index contributed by atoms with van der Waals surface area (Å²) in [4.78, 5) is 19.6. The van der Waals surface area contributed by atoms with Gasteiger partial charge in [0.25, 0.3) is 0 Å². The van der Waals surface area contributed by atoms with E-state index in [0.717, 1.165) is 5.56 Å². The number of oxime groups is 1. The first-order valence-electron chi connectivity index (χ1n) is 8.55. The summed E-state index contributed by atoms with van der Waals surface area (Å²) in [7, 11) is 1.48. The molecule has 1 aliphatic rings. The maximum Gasteiger partial charge on any atom is 0.248 e. The van der Waals surface area contributed by atoms with E-state index in [-0.39, 0.29) is 24.4 Å². The summed E-state index contributed by atoms with van der Waals surface area (Å²) in [5.74, 6) is -0.491. The van der Waals surface area contributed by atoms with E-state index in [1.54, 1.807) is 23.1 Å². The molecule has 1 amide bonds. The van der Waals surface area contributed by atoms with Crippen molar-refractivity contribution in [2.24, 2.45) is 5.16 Å². The highest BCUT2D eigenvalue weighted by Crippen LogP contribution is 2.21. The molecule has 0 saturated heterocycles. The van der Waals surface area contributed by atoms with Crippen LogP contribution in [-0.4, -0.2) is 42.9 Å². The predicted octanol–water partition coefficient (Wildman–Crippen LogP) is 3.65. The van der Waals surface area contributed by atoms with E-state index in [2.05, 4.69) is 5.16 Å². The number of hydrogen-bond donors (Lipinski definition) is 0. The summed E-state index contributed by atoms with van der Waals surface area (Å²) >= 11 is 6.23. The fourth-order valence-corrected chi connectivity index (χ4v) is 3.11. The van der Waals surface area contributed by atoms with E-state index >= 15 is 0 Å². The topological polar surface area (TPSA) is 51.1 Å². The van der Waals surface area contributed by atoms with Crippen LogP contribution in [0.3, 0.4) is 0 Å². The average Bonchev–Trinajstić information content (AvgIpc) is 3.12. The van der Waals surface area contributed by atoms with Gasteiger partial charge in [0.2, 0.25) is 5.91 Å². The van der Waals surface area contributed by atoms with Gasteiger partial charge in [-0.1, -0.05) is 47.1 Å². The molecule has 0 aromatic heterocycles. The Labute approximate surface area is 162 Å². The van der Waals surface area contributed by atoms with E-state index < -0.39 is 0 Å². The molecule has 0 N–H and O–H groups in total. The first-order valence-corrected chi connectivity index (χ1v) is 8.93. The molecule has 0 fully saturated rings. The van der Waals surface area contributed by atoms with Crippen molar-refractivity contribution in [1.82, 2.24) is 4.90 Å². The molecule has 1 aliphatic heterocycles. The fraction of sp³-hybridized carbons (Fsp3) is 0.300. The zero-order chi connectivity index (χ0) is 19.2. The number of nitrogens with zero attached hydrogens (tertiary/aromatic N) is 2. The Morgan fingerprint density at radius 2 is 2.15 bits per heavy atom. The number of halogens is 2. The van der Waals surface area contributed by atoms with E-state index in [1.807, 2.05) is 18.2 Å². The van der Waals surface area contributed by atoms with E-state index in [9.17, 15) is 9.18 Å². The van der Waals surface area contributed by atoms with Crippen molar-refractivity contribution in [3.05, 3.63) is 70.5 Å². The Bertz CT molecular complexity index is 843. The quantitative estimate of drug-likeness (QED) is 0.725. The van der Waals surface area contributed by atoms with Crippen LogP contribution in [0, 0.1) is 5.82 Å². The highest BCUT2D eigenvalue weighted by Gasteiger charge is 2.27. The summed E-state index contributed by atoms with van der Waals surface area (Å²) in [5, 5.41) is 4.66.